The highest BCUT2D eigenvalue weighted by atomic mass is 16.5. The number of hydrogen-bond acceptors (Lipinski definition) is 3. The number of ether oxygens (including phenoxy) is 2. The van der Waals surface area contributed by atoms with Crippen LogP contribution in [0.15, 0.2) is 18.2 Å². The Morgan fingerprint density at radius 2 is 2.05 bits per heavy atom. The number of rotatable bonds is 6. The maximum Gasteiger partial charge on any atom is 0.161 e. The lowest BCUT2D eigenvalue weighted by Crippen LogP contribution is -2.38. The molecule has 3 unspecified atom stereocenters. The van der Waals surface area contributed by atoms with E-state index in [9.17, 15) is 0 Å². The first kappa shape index (κ1) is 16.2. The summed E-state index contributed by atoms with van der Waals surface area (Å²) in [5.74, 6) is 2.91. The van der Waals surface area contributed by atoms with Gasteiger partial charge in [0.05, 0.1) is 7.11 Å². The van der Waals surface area contributed by atoms with Crippen LogP contribution in [-0.4, -0.2) is 19.8 Å². The number of nitrogens with two attached hydrogens (primary N) is 1. The molecule has 1 aliphatic rings. The molecule has 2 N–H and O–H groups in total. The van der Waals surface area contributed by atoms with Gasteiger partial charge in [0, 0.05) is 5.92 Å². The molecule has 0 spiro atoms. The second-order valence-electron chi connectivity index (χ2n) is 6.27. The summed E-state index contributed by atoms with van der Waals surface area (Å²) in [5, 5.41) is 0. The fourth-order valence-corrected chi connectivity index (χ4v) is 3.39. The van der Waals surface area contributed by atoms with Crippen LogP contribution in [0.4, 0.5) is 0 Å². The summed E-state index contributed by atoms with van der Waals surface area (Å²) in [5.41, 5.74) is 7.13. The van der Waals surface area contributed by atoms with E-state index in [0.717, 1.165) is 23.8 Å². The molecular formula is C18H29NO2. The standard InChI is InChI=1S/C18H29NO2/c1-4-5-14-7-8-15(12-19)17(11-14)21-16-9-6-13(2)10-18(16)20-3/h6,9-10,14-15,17H,4-5,7-8,11-12,19H2,1-3H3. The Labute approximate surface area is 128 Å². The maximum absolute atomic E-state index is 6.31. The van der Waals surface area contributed by atoms with Gasteiger partial charge in [0.25, 0.3) is 0 Å². The largest absolute Gasteiger partial charge is 0.493 e. The van der Waals surface area contributed by atoms with Crippen molar-refractivity contribution in [2.75, 3.05) is 13.7 Å². The Kier molecular flexibility index (Phi) is 5.92. The van der Waals surface area contributed by atoms with E-state index in [1.165, 1.54) is 31.2 Å². The summed E-state index contributed by atoms with van der Waals surface area (Å²) in [6, 6.07) is 6.12. The van der Waals surface area contributed by atoms with Gasteiger partial charge in [-0.05, 0) is 56.3 Å². The first-order valence-corrected chi connectivity index (χ1v) is 8.19. The summed E-state index contributed by atoms with van der Waals surface area (Å²) >= 11 is 0. The Morgan fingerprint density at radius 3 is 2.71 bits per heavy atom. The van der Waals surface area contributed by atoms with Crippen LogP contribution in [0.5, 0.6) is 11.5 Å². The minimum atomic E-state index is 0.219. The van der Waals surface area contributed by atoms with E-state index in [0.29, 0.717) is 12.5 Å². The van der Waals surface area contributed by atoms with Crippen molar-refractivity contribution < 1.29 is 9.47 Å². The van der Waals surface area contributed by atoms with Gasteiger partial charge in [-0.2, -0.15) is 0 Å². The molecule has 0 heterocycles. The van der Waals surface area contributed by atoms with E-state index in [4.69, 9.17) is 15.2 Å². The lowest BCUT2D eigenvalue weighted by molar-refractivity contribution is 0.0645. The Balaban J connectivity index is 2.10. The van der Waals surface area contributed by atoms with E-state index in [-0.39, 0.29) is 6.10 Å². The van der Waals surface area contributed by atoms with Crippen molar-refractivity contribution in [2.45, 2.75) is 52.1 Å². The zero-order valence-corrected chi connectivity index (χ0v) is 13.6. The quantitative estimate of drug-likeness (QED) is 0.863. The first-order valence-electron chi connectivity index (χ1n) is 8.19. The molecule has 21 heavy (non-hydrogen) atoms. The summed E-state index contributed by atoms with van der Waals surface area (Å²) in [6.07, 6.45) is 6.35. The molecule has 1 fully saturated rings. The second-order valence-corrected chi connectivity index (χ2v) is 6.27. The van der Waals surface area contributed by atoms with Crippen molar-refractivity contribution in [3.05, 3.63) is 23.8 Å². The molecule has 3 atom stereocenters. The van der Waals surface area contributed by atoms with Crippen LogP contribution in [0.2, 0.25) is 0 Å². The minimum absolute atomic E-state index is 0.219. The van der Waals surface area contributed by atoms with Crippen molar-refractivity contribution in [3.63, 3.8) is 0 Å². The summed E-state index contributed by atoms with van der Waals surface area (Å²) < 4.78 is 11.8. The lowest BCUT2D eigenvalue weighted by Gasteiger charge is -2.36. The van der Waals surface area contributed by atoms with Gasteiger partial charge in [0.15, 0.2) is 11.5 Å². The fraction of sp³-hybridized carbons (Fsp3) is 0.667. The molecule has 1 saturated carbocycles. The van der Waals surface area contributed by atoms with Crippen LogP contribution in [0.1, 0.15) is 44.6 Å². The van der Waals surface area contributed by atoms with E-state index in [2.05, 4.69) is 19.9 Å². The highest BCUT2D eigenvalue weighted by Crippen LogP contribution is 2.36. The zero-order chi connectivity index (χ0) is 15.2. The first-order chi connectivity index (χ1) is 10.2. The van der Waals surface area contributed by atoms with Crippen LogP contribution in [-0.2, 0) is 0 Å². The molecule has 1 aromatic rings. The Bertz CT molecular complexity index is 447. The van der Waals surface area contributed by atoms with Crippen LogP contribution in [0, 0.1) is 18.8 Å². The molecule has 0 bridgehead atoms. The topological polar surface area (TPSA) is 44.5 Å². The van der Waals surface area contributed by atoms with Gasteiger partial charge in [0.2, 0.25) is 0 Å². The summed E-state index contributed by atoms with van der Waals surface area (Å²) in [6.45, 7) is 5.03. The number of aryl methyl sites for hydroxylation is 1. The van der Waals surface area contributed by atoms with Crippen LogP contribution >= 0.6 is 0 Å². The van der Waals surface area contributed by atoms with E-state index >= 15 is 0 Å². The highest BCUT2D eigenvalue weighted by molar-refractivity contribution is 5.42. The molecular weight excluding hydrogens is 262 g/mol. The van der Waals surface area contributed by atoms with E-state index in [1.807, 2.05) is 12.1 Å². The van der Waals surface area contributed by atoms with Crippen molar-refractivity contribution in [2.24, 2.45) is 17.6 Å². The molecule has 118 valence electrons. The van der Waals surface area contributed by atoms with Gasteiger partial charge in [0.1, 0.15) is 6.10 Å². The van der Waals surface area contributed by atoms with E-state index in [1.54, 1.807) is 7.11 Å². The zero-order valence-electron chi connectivity index (χ0n) is 13.6. The number of methoxy groups -OCH3 is 1. The molecule has 1 aliphatic carbocycles. The van der Waals surface area contributed by atoms with Crippen LogP contribution in [0.25, 0.3) is 0 Å². The molecule has 2 rings (SSSR count). The molecule has 0 radical (unpaired) electrons. The monoisotopic (exact) mass is 291 g/mol. The van der Waals surface area contributed by atoms with Crippen LogP contribution in [0.3, 0.4) is 0 Å². The molecule has 3 nitrogen and oxygen atoms in total. The van der Waals surface area contributed by atoms with Gasteiger partial charge in [-0.3, -0.25) is 0 Å². The fourth-order valence-electron chi connectivity index (χ4n) is 3.39. The van der Waals surface area contributed by atoms with Crippen LogP contribution < -0.4 is 15.2 Å². The Hall–Kier alpha value is -1.22. The second kappa shape index (κ2) is 7.69. The Morgan fingerprint density at radius 1 is 1.24 bits per heavy atom. The summed E-state index contributed by atoms with van der Waals surface area (Å²) in [7, 11) is 1.70. The number of benzene rings is 1. The number of hydrogen-bond donors (Lipinski definition) is 1. The lowest BCUT2D eigenvalue weighted by atomic mass is 9.78. The molecule has 0 amide bonds. The average molecular weight is 291 g/mol. The van der Waals surface area contributed by atoms with Crippen molar-refractivity contribution in [1.82, 2.24) is 0 Å². The third kappa shape index (κ3) is 4.13. The highest BCUT2D eigenvalue weighted by Gasteiger charge is 2.31. The molecule has 0 aliphatic heterocycles. The third-order valence-electron chi connectivity index (χ3n) is 4.63. The van der Waals surface area contributed by atoms with Gasteiger partial charge in [-0.1, -0.05) is 25.8 Å². The molecule has 0 saturated heterocycles. The molecule has 0 aromatic heterocycles. The maximum atomic E-state index is 6.31. The molecule has 1 aromatic carbocycles. The normalized spacial score (nSPS) is 25.6. The van der Waals surface area contributed by atoms with Crippen molar-refractivity contribution >= 4 is 0 Å². The third-order valence-corrected chi connectivity index (χ3v) is 4.63. The molecule has 3 heteroatoms. The summed E-state index contributed by atoms with van der Waals surface area (Å²) in [4.78, 5) is 0. The SMILES string of the molecule is CCCC1CCC(CN)C(Oc2ccc(C)cc2OC)C1. The van der Waals surface area contributed by atoms with E-state index < -0.39 is 0 Å². The minimum Gasteiger partial charge on any atom is -0.493 e. The van der Waals surface area contributed by atoms with Gasteiger partial charge in [-0.25, -0.2) is 0 Å². The smallest absolute Gasteiger partial charge is 0.161 e. The van der Waals surface area contributed by atoms with Gasteiger partial charge in [-0.15, -0.1) is 0 Å². The predicted molar refractivity (Wildman–Crippen MR) is 86.9 cm³/mol. The van der Waals surface area contributed by atoms with Gasteiger partial charge >= 0.3 is 0 Å². The van der Waals surface area contributed by atoms with Crippen molar-refractivity contribution in [3.8, 4) is 11.5 Å². The predicted octanol–water partition coefficient (Wildman–Crippen LogP) is 3.93. The van der Waals surface area contributed by atoms with Gasteiger partial charge < -0.3 is 15.2 Å². The van der Waals surface area contributed by atoms with Crippen molar-refractivity contribution in [1.29, 1.82) is 0 Å². The average Bonchev–Trinajstić information content (AvgIpc) is 2.49.